The first-order valence-electron chi connectivity index (χ1n) is 9.93. The minimum atomic E-state index is -1.09. The van der Waals surface area contributed by atoms with Crippen LogP contribution in [0.5, 0.6) is 5.75 Å². The molecule has 2 aromatic carbocycles. The number of hydrogen-bond donors (Lipinski definition) is 1. The molecule has 1 atom stereocenters. The number of non-ortho nitro benzene ring substituents is 1. The summed E-state index contributed by atoms with van der Waals surface area (Å²) in [4.78, 5) is 43.5. The number of aliphatic hydroxyl groups excluding tert-OH is 1. The molecule has 4 aromatic rings. The van der Waals surface area contributed by atoms with Crippen LogP contribution in [0.15, 0.2) is 71.3 Å². The maximum atomic E-state index is 13.3. The number of methoxy groups -OCH3 is 1. The molecule has 9 nitrogen and oxygen atoms in total. The normalized spacial score (nSPS) is 15.9. The Morgan fingerprint density at radius 3 is 2.74 bits per heavy atom. The van der Waals surface area contributed by atoms with Crippen molar-refractivity contribution in [3.05, 3.63) is 91.9 Å². The van der Waals surface area contributed by atoms with Crippen LogP contribution in [-0.2, 0) is 4.79 Å². The zero-order chi connectivity index (χ0) is 24.0. The fraction of sp³-hybridized carbons (Fsp3) is 0.0870. The van der Waals surface area contributed by atoms with Crippen LogP contribution < -0.4 is 9.64 Å². The number of anilines is 1. The number of carbonyl (C=O) groups is 2. The molecule has 5 rings (SSSR count). The maximum absolute atomic E-state index is 13.3. The number of ketones is 1. The predicted octanol–water partition coefficient (Wildman–Crippen LogP) is 5.06. The predicted molar refractivity (Wildman–Crippen MR) is 128 cm³/mol. The van der Waals surface area contributed by atoms with Crippen LogP contribution in [0.1, 0.15) is 21.3 Å². The van der Waals surface area contributed by atoms with Gasteiger partial charge in [-0.1, -0.05) is 29.5 Å². The lowest BCUT2D eigenvalue weighted by Gasteiger charge is -2.24. The number of hydrogen-bond acceptors (Lipinski definition) is 9. The number of amides is 1. The smallest absolute Gasteiger partial charge is 0.296 e. The molecule has 0 bridgehead atoms. The Morgan fingerprint density at radius 1 is 1.21 bits per heavy atom. The quantitative estimate of drug-likeness (QED) is 0.226. The number of ether oxygens (including phenoxy) is 1. The number of fused-ring (bicyclic) bond motifs is 1. The number of rotatable bonds is 6. The van der Waals surface area contributed by atoms with Gasteiger partial charge in [0.1, 0.15) is 5.75 Å². The van der Waals surface area contributed by atoms with Crippen molar-refractivity contribution in [2.24, 2.45) is 0 Å². The van der Waals surface area contributed by atoms with Gasteiger partial charge in [0, 0.05) is 12.1 Å². The van der Waals surface area contributed by atoms with Gasteiger partial charge < -0.3 is 9.84 Å². The van der Waals surface area contributed by atoms with Gasteiger partial charge in [-0.3, -0.25) is 24.6 Å². The number of aliphatic hydroxyl groups is 1. The molecule has 2 aromatic heterocycles. The molecule has 0 saturated carbocycles. The third-order valence-electron chi connectivity index (χ3n) is 5.38. The summed E-state index contributed by atoms with van der Waals surface area (Å²) in [6, 6.07) is 13.1. The second-order valence-electron chi connectivity index (χ2n) is 7.33. The van der Waals surface area contributed by atoms with Crippen LogP contribution in [0.25, 0.3) is 10.2 Å². The van der Waals surface area contributed by atoms with Crippen molar-refractivity contribution in [1.82, 2.24) is 4.98 Å². The number of thiophene rings is 1. The topological polar surface area (TPSA) is 123 Å². The third kappa shape index (κ3) is 3.51. The van der Waals surface area contributed by atoms with Gasteiger partial charge in [-0.05, 0) is 35.2 Å². The van der Waals surface area contributed by atoms with Gasteiger partial charge >= 0.3 is 0 Å². The zero-order valence-corrected chi connectivity index (χ0v) is 19.1. The number of benzene rings is 2. The lowest BCUT2D eigenvalue weighted by molar-refractivity contribution is -0.384. The van der Waals surface area contributed by atoms with E-state index < -0.39 is 28.4 Å². The molecule has 1 N–H and O–H groups in total. The number of nitrogens with zero attached hydrogens (tertiary/aromatic N) is 3. The number of aromatic nitrogens is 1. The molecule has 0 aliphatic carbocycles. The molecular formula is C23H15N3O6S2. The SMILES string of the molecule is COc1ccc2nc(N3C(=O)C(O)=C(C(=O)c4cccs4)[C@@H]3c3cccc([N+](=O)[O-])c3)sc2c1. The molecule has 34 heavy (non-hydrogen) atoms. The van der Waals surface area contributed by atoms with Gasteiger partial charge in [-0.15, -0.1) is 11.3 Å². The average molecular weight is 494 g/mol. The highest BCUT2D eigenvalue weighted by Crippen LogP contribution is 2.45. The second kappa shape index (κ2) is 8.36. The summed E-state index contributed by atoms with van der Waals surface area (Å²) in [7, 11) is 1.54. The molecule has 1 aliphatic heterocycles. The van der Waals surface area contributed by atoms with Gasteiger partial charge in [0.25, 0.3) is 11.6 Å². The summed E-state index contributed by atoms with van der Waals surface area (Å²) in [6.07, 6.45) is 0. The van der Waals surface area contributed by atoms with Gasteiger partial charge in [0.2, 0.25) is 5.78 Å². The number of carbonyl (C=O) groups excluding carboxylic acids is 2. The van der Waals surface area contributed by atoms with E-state index in [2.05, 4.69) is 4.98 Å². The second-order valence-corrected chi connectivity index (χ2v) is 9.29. The molecular weight excluding hydrogens is 478 g/mol. The maximum Gasteiger partial charge on any atom is 0.296 e. The van der Waals surface area contributed by atoms with Crippen molar-refractivity contribution < 1.29 is 24.4 Å². The van der Waals surface area contributed by atoms with Crippen LogP contribution in [-0.4, -0.2) is 33.8 Å². The molecule has 0 unspecified atom stereocenters. The van der Waals surface area contributed by atoms with Crippen LogP contribution >= 0.6 is 22.7 Å². The molecule has 1 amide bonds. The van der Waals surface area contributed by atoms with Gasteiger partial charge in [-0.25, -0.2) is 4.98 Å². The molecule has 0 radical (unpaired) electrons. The summed E-state index contributed by atoms with van der Waals surface area (Å²) in [5.41, 5.74) is 0.560. The Hall–Kier alpha value is -4.09. The van der Waals surface area contributed by atoms with Crippen LogP contribution in [0.4, 0.5) is 10.8 Å². The Kier molecular flexibility index (Phi) is 5.34. The third-order valence-corrected chi connectivity index (χ3v) is 7.27. The van der Waals surface area contributed by atoms with Crippen molar-refractivity contribution in [3.63, 3.8) is 0 Å². The zero-order valence-electron chi connectivity index (χ0n) is 17.5. The van der Waals surface area contributed by atoms with Gasteiger partial charge in [0.05, 0.1) is 38.7 Å². The first-order chi connectivity index (χ1) is 16.4. The minimum absolute atomic E-state index is 0.148. The highest BCUT2D eigenvalue weighted by molar-refractivity contribution is 7.22. The van der Waals surface area contributed by atoms with E-state index in [1.807, 2.05) is 0 Å². The number of nitro benzene ring substituents is 1. The van der Waals surface area contributed by atoms with E-state index in [1.165, 1.54) is 52.9 Å². The van der Waals surface area contributed by atoms with Crippen LogP contribution in [0, 0.1) is 10.1 Å². The van der Waals surface area contributed by atoms with Crippen LogP contribution in [0.2, 0.25) is 0 Å². The van der Waals surface area contributed by atoms with Crippen molar-refractivity contribution in [2.45, 2.75) is 6.04 Å². The summed E-state index contributed by atoms with van der Waals surface area (Å²) >= 11 is 2.36. The van der Waals surface area contributed by atoms with Crippen LogP contribution in [0.3, 0.4) is 0 Å². The van der Waals surface area contributed by atoms with E-state index in [0.29, 0.717) is 21.7 Å². The van der Waals surface area contributed by atoms with Crippen molar-refractivity contribution >= 4 is 55.4 Å². The Labute approximate surface area is 200 Å². The summed E-state index contributed by atoms with van der Waals surface area (Å²) in [5.74, 6) is -1.42. The fourth-order valence-electron chi connectivity index (χ4n) is 3.82. The monoisotopic (exact) mass is 493 g/mol. The molecule has 0 spiro atoms. The van der Waals surface area contributed by atoms with E-state index in [0.717, 1.165) is 4.70 Å². The number of nitro groups is 1. The fourth-order valence-corrected chi connectivity index (χ4v) is 5.52. The standard InChI is InChI=1S/C23H15N3O6S2/c1-32-14-7-8-15-17(11-14)34-23(24-15)25-19(12-4-2-5-13(10-12)26(30)31)18(21(28)22(25)29)20(27)16-6-3-9-33-16/h2-11,19,28H,1H3/t19-/m0/s1. The number of Topliss-reactive ketones (excluding diaryl/α,β-unsaturated/α-hetero) is 1. The Bertz CT molecular complexity index is 1490. The number of thiazole rings is 1. The highest BCUT2D eigenvalue weighted by Gasteiger charge is 2.46. The molecule has 11 heteroatoms. The van der Waals surface area contributed by atoms with E-state index in [1.54, 1.807) is 41.8 Å². The molecule has 0 saturated heterocycles. The van der Waals surface area contributed by atoms with E-state index in [-0.39, 0.29) is 16.4 Å². The van der Waals surface area contributed by atoms with E-state index in [9.17, 15) is 24.8 Å². The molecule has 170 valence electrons. The molecule has 0 fully saturated rings. The van der Waals surface area contributed by atoms with Crippen molar-refractivity contribution in [2.75, 3.05) is 12.0 Å². The minimum Gasteiger partial charge on any atom is -0.503 e. The largest absolute Gasteiger partial charge is 0.503 e. The molecule has 3 heterocycles. The van der Waals surface area contributed by atoms with Gasteiger partial charge in [0.15, 0.2) is 10.9 Å². The van der Waals surface area contributed by atoms with Crippen molar-refractivity contribution in [3.8, 4) is 5.75 Å². The van der Waals surface area contributed by atoms with Gasteiger partial charge in [-0.2, -0.15) is 0 Å². The van der Waals surface area contributed by atoms with E-state index >= 15 is 0 Å². The average Bonchev–Trinajstić information content (AvgIpc) is 3.57. The first kappa shape index (κ1) is 21.7. The van der Waals surface area contributed by atoms with E-state index in [4.69, 9.17) is 4.74 Å². The lowest BCUT2D eigenvalue weighted by Crippen LogP contribution is -2.31. The Morgan fingerprint density at radius 2 is 2.03 bits per heavy atom. The summed E-state index contributed by atoms with van der Waals surface area (Å²) in [6.45, 7) is 0. The Balaban J connectivity index is 1.69. The first-order valence-corrected chi connectivity index (χ1v) is 11.6. The van der Waals surface area contributed by atoms with Crippen molar-refractivity contribution in [1.29, 1.82) is 0 Å². The lowest BCUT2D eigenvalue weighted by atomic mass is 9.95. The summed E-state index contributed by atoms with van der Waals surface area (Å²) < 4.78 is 5.99. The molecule has 1 aliphatic rings. The summed E-state index contributed by atoms with van der Waals surface area (Å²) in [5, 5.41) is 24.2. The highest BCUT2D eigenvalue weighted by atomic mass is 32.1.